The first kappa shape index (κ1) is 21.7. The molecule has 172 valence electrons. The minimum absolute atomic E-state index is 0.110. The van der Waals surface area contributed by atoms with Crippen LogP contribution in [0.2, 0.25) is 0 Å². The van der Waals surface area contributed by atoms with E-state index in [2.05, 4.69) is 26.5 Å². The number of benzene rings is 2. The lowest BCUT2D eigenvalue weighted by molar-refractivity contribution is -0.130. The molecule has 0 aliphatic carbocycles. The van der Waals surface area contributed by atoms with Crippen LogP contribution in [0.25, 0.3) is 5.69 Å². The number of carbonyl (C=O) groups is 1. The number of piperazine rings is 1. The fraction of sp³-hybridized carbons (Fsp3) is 0.391. The zero-order valence-corrected chi connectivity index (χ0v) is 19.5. The molecule has 3 aromatic rings. The predicted octanol–water partition coefficient (Wildman–Crippen LogP) is 2.44. The first-order valence-electron chi connectivity index (χ1n) is 10.9. The molecule has 2 aromatic carbocycles. The highest BCUT2D eigenvalue weighted by atomic mass is 32.2. The van der Waals surface area contributed by atoms with Gasteiger partial charge in [-0.05, 0) is 53.1 Å². The Morgan fingerprint density at radius 2 is 1.79 bits per heavy atom. The quantitative estimate of drug-likeness (QED) is 0.512. The minimum Gasteiger partial charge on any atom is -0.454 e. The van der Waals surface area contributed by atoms with Crippen molar-refractivity contribution in [2.24, 2.45) is 0 Å². The van der Waals surface area contributed by atoms with Crippen molar-refractivity contribution in [2.45, 2.75) is 25.5 Å². The van der Waals surface area contributed by atoms with Crippen molar-refractivity contribution in [3.63, 3.8) is 0 Å². The number of aromatic nitrogens is 4. The van der Waals surface area contributed by atoms with Gasteiger partial charge in [0, 0.05) is 32.7 Å². The van der Waals surface area contributed by atoms with Gasteiger partial charge in [-0.15, -0.1) is 5.10 Å². The van der Waals surface area contributed by atoms with E-state index in [1.165, 1.54) is 17.3 Å². The van der Waals surface area contributed by atoms with E-state index >= 15 is 0 Å². The van der Waals surface area contributed by atoms with Crippen molar-refractivity contribution < 1.29 is 14.3 Å². The normalized spacial score (nSPS) is 15.8. The molecule has 0 N–H and O–H groups in total. The van der Waals surface area contributed by atoms with Crippen molar-refractivity contribution in [3.8, 4) is 17.2 Å². The van der Waals surface area contributed by atoms with Crippen LogP contribution in [0.5, 0.6) is 11.5 Å². The number of amides is 1. The number of thioether (sulfide) groups is 1. The highest BCUT2D eigenvalue weighted by Crippen LogP contribution is 2.33. The van der Waals surface area contributed by atoms with Crippen molar-refractivity contribution in [2.75, 3.05) is 38.7 Å². The first-order valence-corrected chi connectivity index (χ1v) is 11.9. The van der Waals surface area contributed by atoms with Crippen LogP contribution >= 0.6 is 11.8 Å². The number of aryl methyl sites for hydroxylation is 2. The number of para-hydroxylation sites is 1. The third-order valence-corrected chi connectivity index (χ3v) is 6.89. The maximum absolute atomic E-state index is 12.8. The average Bonchev–Trinajstić information content (AvgIpc) is 3.47. The lowest BCUT2D eigenvalue weighted by Crippen LogP contribution is -2.48. The third-order valence-electron chi connectivity index (χ3n) is 5.99. The molecule has 0 atom stereocenters. The van der Waals surface area contributed by atoms with Crippen LogP contribution in [0.3, 0.4) is 0 Å². The standard InChI is InChI=1S/C23H26N6O3S/c1-16-4-3-5-17(2)22(16)29-23(24-25-26-29)33-14-21(30)28-10-8-27(9-11-28)13-18-6-7-19-20(12-18)32-15-31-19/h3-7,12H,8-11,13-15H2,1-2H3. The molecule has 0 radical (unpaired) electrons. The molecule has 3 heterocycles. The van der Waals surface area contributed by atoms with Gasteiger partial charge in [-0.2, -0.15) is 4.68 Å². The van der Waals surface area contributed by atoms with Gasteiger partial charge in [0.15, 0.2) is 11.5 Å². The van der Waals surface area contributed by atoms with Crippen LogP contribution in [0, 0.1) is 13.8 Å². The summed E-state index contributed by atoms with van der Waals surface area (Å²) < 4.78 is 12.6. The van der Waals surface area contributed by atoms with E-state index in [-0.39, 0.29) is 12.7 Å². The van der Waals surface area contributed by atoms with Gasteiger partial charge in [0.1, 0.15) is 0 Å². The number of hydrogen-bond acceptors (Lipinski definition) is 8. The fourth-order valence-electron chi connectivity index (χ4n) is 4.22. The number of fused-ring (bicyclic) bond motifs is 1. The van der Waals surface area contributed by atoms with Crippen molar-refractivity contribution in [1.29, 1.82) is 0 Å². The molecule has 33 heavy (non-hydrogen) atoms. The predicted molar refractivity (Wildman–Crippen MR) is 124 cm³/mol. The van der Waals surface area contributed by atoms with Crippen molar-refractivity contribution in [3.05, 3.63) is 53.1 Å². The first-order chi connectivity index (χ1) is 16.1. The fourth-order valence-corrected chi connectivity index (χ4v) is 5.00. The Balaban J connectivity index is 1.14. The molecule has 0 spiro atoms. The SMILES string of the molecule is Cc1cccc(C)c1-n1nnnc1SCC(=O)N1CCN(Cc2ccc3c(c2)OCO3)CC1. The summed E-state index contributed by atoms with van der Waals surface area (Å²) in [5.41, 5.74) is 4.34. The molecule has 0 saturated carbocycles. The van der Waals surface area contributed by atoms with Crippen LogP contribution in [0.15, 0.2) is 41.6 Å². The molecule has 5 rings (SSSR count). The summed E-state index contributed by atoms with van der Waals surface area (Å²) in [4.78, 5) is 17.1. The Labute approximate surface area is 196 Å². The Kier molecular flexibility index (Phi) is 6.19. The monoisotopic (exact) mass is 466 g/mol. The molecule has 0 unspecified atom stereocenters. The van der Waals surface area contributed by atoms with Crippen LogP contribution < -0.4 is 9.47 Å². The number of tetrazole rings is 1. The molecule has 1 fully saturated rings. The summed E-state index contributed by atoms with van der Waals surface area (Å²) in [5.74, 6) is 2.03. The summed E-state index contributed by atoms with van der Waals surface area (Å²) in [6.45, 7) is 8.29. The van der Waals surface area contributed by atoms with Gasteiger partial charge in [0.2, 0.25) is 17.9 Å². The molecule has 1 saturated heterocycles. The third kappa shape index (κ3) is 4.67. The Morgan fingerprint density at radius 1 is 1.03 bits per heavy atom. The summed E-state index contributed by atoms with van der Waals surface area (Å²) in [6, 6.07) is 12.2. The average molecular weight is 467 g/mol. The maximum atomic E-state index is 12.8. The second kappa shape index (κ2) is 9.40. The number of carbonyl (C=O) groups excluding carboxylic acids is 1. The van der Waals surface area contributed by atoms with Crippen molar-refractivity contribution in [1.82, 2.24) is 30.0 Å². The molecule has 2 aliphatic rings. The molecular weight excluding hydrogens is 440 g/mol. The van der Waals surface area contributed by atoms with E-state index in [0.717, 1.165) is 47.9 Å². The van der Waals surface area contributed by atoms with E-state index in [1.54, 1.807) is 4.68 Å². The molecule has 1 amide bonds. The number of ether oxygens (including phenoxy) is 2. The van der Waals surface area contributed by atoms with E-state index in [9.17, 15) is 4.79 Å². The smallest absolute Gasteiger partial charge is 0.233 e. The van der Waals surface area contributed by atoms with Gasteiger partial charge in [0.05, 0.1) is 11.4 Å². The highest BCUT2D eigenvalue weighted by Gasteiger charge is 2.23. The summed E-state index contributed by atoms with van der Waals surface area (Å²) >= 11 is 1.38. The van der Waals surface area contributed by atoms with Crippen LogP contribution in [0.4, 0.5) is 0 Å². The second-order valence-corrected chi connectivity index (χ2v) is 9.19. The molecule has 9 nitrogen and oxygen atoms in total. The Hall–Kier alpha value is -3.11. The lowest BCUT2D eigenvalue weighted by Gasteiger charge is -2.34. The maximum Gasteiger partial charge on any atom is 0.233 e. The highest BCUT2D eigenvalue weighted by molar-refractivity contribution is 7.99. The van der Waals surface area contributed by atoms with E-state index in [1.807, 2.05) is 49.1 Å². The molecular formula is C23H26N6O3S. The number of rotatable bonds is 6. The van der Waals surface area contributed by atoms with Gasteiger partial charge < -0.3 is 14.4 Å². The molecule has 1 aromatic heterocycles. The summed E-state index contributed by atoms with van der Waals surface area (Å²) in [5, 5.41) is 12.8. The van der Waals surface area contributed by atoms with E-state index in [4.69, 9.17) is 9.47 Å². The van der Waals surface area contributed by atoms with Gasteiger partial charge in [-0.25, -0.2) is 0 Å². The Morgan fingerprint density at radius 3 is 2.58 bits per heavy atom. The van der Waals surface area contributed by atoms with Gasteiger partial charge in [-0.3, -0.25) is 9.69 Å². The van der Waals surface area contributed by atoms with E-state index in [0.29, 0.717) is 24.0 Å². The zero-order valence-electron chi connectivity index (χ0n) is 18.7. The Bertz CT molecular complexity index is 1140. The zero-order chi connectivity index (χ0) is 22.8. The van der Waals surface area contributed by atoms with E-state index < -0.39 is 0 Å². The van der Waals surface area contributed by atoms with Gasteiger partial charge >= 0.3 is 0 Å². The van der Waals surface area contributed by atoms with Crippen LogP contribution in [0.1, 0.15) is 16.7 Å². The molecule has 2 aliphatic heterocycles. The number of nitrogens with zero attached hydrogens (tertiary/aromatic N) is 6. The van der Waals surface area contributed by atoms with Gasteiger partial charge in [-0.1, -0.05) is 36.0 Å². The molecule has 0 bridgehead atoms. The number of hydrogen-bond donors (Lipinski definition) is 0. The summed E-state index contributed by atoms with van der Waals surface area (Å²) in [6.07, 6.45) is 0. The van der Waals surface area contributed by atoms with Crippen molar-refractivity contribution >= 4 is 17.7 Å². The minimum atomic E-state index is 0.110. The second-order valence-electron chi connectivity index (χ2n) is 8.25. The van der Waals surface area contributed by atoms with Crippen LogP contribution in [-0.4, -0.2) is 74.6 Å². The largest absolute Gasteiger partial charge is 0.454 e. The summed E-state index contributed by atoms with van der Waals surface area (Å²) in [7, 11) is 0. The van der Waals surface area contributed by atoms with Gasteiger partial charge in [0.25, 0.3) is 0 Å². The topological polar surface area (TPSA) is 85.6 Å². The van der Waals surface area contributed by atoms with Crippen LogP contribution in [-0.2, 0) is 11.3 Å². The lowest BCUT2D eigenvalue weighted by atomic mass is 10.1. The molecule has 10 heteroatoms.